The van der Waals surface area contributed by atoms with Gasteiger partial charge in [-0.25, -0.2) is 0 Å². The van der Waals surface area contributed by atoms with Crippen LogP contribution in [-0.2, 0) is 0 Å². The Morgan fingerprint density at radius 3 is 2.70 bits per heavy atom. The largest absolute Gasteiger partial charge is 0.0804 e. The predicted octanol–water partition coefficient (Wildman–Crippen LogP) is 4.35. The number of hydrogen-bond donors (Lipinski definition) is 0. The fourth-order valence-electron chi connectivity index (χ4n) is 0.236. The Morgan fingerprint density at radius 2 is 2.20 bits per heavy atom. The van der Waals surface area contributed by atoms with Crippen LogP contribution in [0.2, 0.25) is 0 Å². The Bertz CT molecular complexity index is 90.9. The van der Waals surface area contributed by atoms with Gasteiger partial charge in [0.15, 0.2) is 0 Å². The lowest BCUT2D eigenvalue weighted by Gasteiger charge is -2.03. The van der Waals surface area contributed by atoms with Gasteiger partial charge >= 0.3 is 0 Å². The van der Waals surface area contributed by atoms with E-state index in [-0.39, 0.29) is 0 Å². The van der Waals surface area contributed by atoms with Gasteiger partial charge in [0.05, 0.1) is 0 Å². The van der Waals surface area contributed by atoms with Gasteiger partial charge in [0, 0.05) is 5.25 Å². The van der Waals surface area contributed by atoms with E-state index in [1.807, 2.05) is 27.5 Å². The summed E-state index contributed by atoms with van der Waals surface area (Å²) < 4.78 is 0. The lowest BCUT2D eigenvalue weighted by molar-refractivity contribution is 0.912. The number of rotatable bonds is 5. The highest BCUT2D eigenvalue weighted by Crippen LogP contribution is 2.38. The second kappa shape index (κ2) is 7.89. The molecule has 10 heavy (non-hydrogen) atoms. The van der Waals surface area contributed by atoms with Gasteiger partial charge < -0.3 is 0 Å². The smallest absolute Gasteiger partial charge is 0.0128 e. The highest BCUT2D eigenvalue weighted by molar-refractivity contribution is 9.10. The second-order valence-corrected chi connectivity index (χ2v) is 6.33. The molecule has 0 saturated carbocycles. The first-order valence-electron chi connectivity index (χ1n) is 3.41. The van der Waals surface area contributed by atoms with E-state index in [9.17, 15) is 0 Å². The zero-order chi connectivity index (χ0) is 7.82. The number of hydrogen-bond acceptors (Lipinski definition) is 3. The van der Waals surface area contributed by atoms with Crippen molar-refractivity contribution in [1.82, 2.24) is 0 Å². The molecule has 0 aromatic heterocycles. The first-order valence-corrected chi connectivity index (χ1v) is 7.02. The minimum Gasteiger partial charge on any atom is -0.0804 e. The molecule has 0 aliphatic heterocycles. The van der Waals surface area contributed by atoms with Gasteiger partial charge in [-0.1, -0.05) is 41.5 Å². The molecule has 3 heteroatoms. The summed E-state index contributed by atoms with van der Waals surface area (Å²) in [6, 6.07) is 0. The fourth-order valence-corrected chi connectivity index (χ4v) is 4.15. The molecule has 0 fully saturated rings. The predicted molar refractivity (Wildman–Crippen MR) is 57.3 cm³/mol. The van der Waals surface area contributed by atoms with E-state index in [0.717, 1.165) is 5.25 Å². The van der Waals surface area contributed by atoms with Crippen molar-refractivity contribution in [3.05, 3.63) is 11.5 Å². The van der Waals surface area contributed by atoms with Crippen LogP contribution in [0.15, 0.2) is 11.5 Å². The van der Waals surface area contributed by atoms with Gasteiger partial charge in [-0.3, -0.25) is 0 Å². The molecular weight excluding hydrogens is 180 g/mol. The van der Waals surface area contributed by atoms with Crippen LogP contribution in [0.5, 0.6) is 0 Å². The van der Waals surface area contributed by atoms with Gasteiger partial charge in [0.25, 0.3) is 0 Å². The molecule has 0 aromatic carbocycles. The van der Waals surface area contributed by atoms with Crippen LogP contribution in [0.3, 0.4) is 0 Å². The van der Waals surface area contributed by atoms with E-state index < -0.39 is 0 Å². The molecule has 0 rings (SSSR count). The SMILES string of the molecule is CC=CSSSC(C)CC. The molecular formula is C7H14S3. The molecule has 0 radical (unpaired) electrons. The Labute approximate surface area is 75.4 Å². The molecule has 0 aliphatic rings. The van der Waals surface area contributed by atoms with Gasteiger partial charge in [-0.05, 0) is 28.6 Å². The minimum absolute atomic E-state index is 0.780. The molecule has 0 amide bonds. The molecule has 0 spiro atoms. The highest BCUT2D eigenvalue weighted by atomic mass is 33.5. The summed E-state index contributed by atoms with van der Waals surface area (Å²) in [5.74, 6) is 0. The summed E-state index contributed by atoms with van der Waals surface area (Å²) in [5, 5.41) is 2.89. The molecule has 0 nitrogen and oxygen atoms in total. The zero-order valence-electron chi connectivity index (χ0n) is 6.66. The zero-order valence-corrected chi connectivity index (χ0v) is 9.11. The highest BCUT2D eigenvalue weighted by Gasteiger charge is 1.97. The molecule has 0 aliphatic carbocycles. The Hall–Kier alpha value is 0.790. The lowest BCUT2D eigenvalue weighted by atomic mass is 10.4. The van der Waals surface area contributed by atoms with Gasteiger partial charge in [-0.2, -0.15) is 0 Å². The van der Waals surface area contributed by atoms with Crippen molar-refractivity contribution < 1.29 is 0 Å². The van der Waals surface area contributed by atoms with Crippen LogP contribution in [0.1, 0.15) is 27.2 Å². The second-order valence-electron chi connectivity index (χ2n) is 1.95. The molecule has 0 saturated heterocycles. The van der Waals surface area contributed by atoms with Crippen molar-refractivity contribution in [3.63, 3.8) is 0 Å². The van der Waals surface area contributed by atoms with Gasteiger partial charge in [0.1, 0.15) is 0 Å². The first-order chi connectivity index (χ1) is 4.81. The van der Waals surface area contributed by atoms with Crippen molar-refractivity contribution in [2.75, 3.05) is 0 Å². The fraction of sp³-hybridized carbons (Fsp3) is 0.714. The topological polar surface area (TPSA) is 0 Å². The molecule has 0 bridgehead atoms. The first kappa shape index (κ1) is 10.8. The average Bonchev–Trinajstić information content (AvgIpc) is 1.98. The monoisotopic (exact) mass is 194 g/mol. The summed E-state index contributed by atoms with van der Waals surface area (Å²) in [6.45, 7) is 6.52. The van der Waals surface area contributed by atoms with Crippen LogP contribution in [-0.4, -0.2) is 5.25 Å². The molecule has 60 valence electrons. The van der Waals surface area contributed by atoms with Crippen molar-refractivity contribution in [2.24, 2.45) is 0 Å². The van der Waals surface area contributed by atoms with Crippen LogP contribution in [0.4, 0.5) is 0 Å². The standard InChI is InChI=1S/C7H14S3/c1-4-6-8-10-9-7(3)5-2/h4,6-7H,5H2,1-3H3. The van der Waals surface area contributed by atoms with E-state index in [0.29, 0.717) is 0 Å². The quantitative estimate of drug-likeness (QED) is 0.472. The summed E-state index contributed by atoms with van der Waals surface area (Å²) in [4.78, 5) is 0. The van der Waals surface area contributed by atoms with Crippen molar-refractivity contribution in [1.29, 1.82) is 0 Å². The maximum absolute atomic E-state index is 2.26. The maximum Gasteiger partial charge on any atom is 0.0128 e. The van der Waals surface area contributed by atoms with E-state index in [1.165, 1.54) is 6.42 Å². The van der Waals surface area contributed by atoms with Crippen LogP contribution < -0.4 is 0 Å². The van der Waals surface area contributed by atoms with Crippen LogP contribution in [0, 0.1) is 0 Å². The molecule has 0 heterocycles. The number of allylic oxidation sites excluding steroid dienone is 1. The van der Waals surface area contributed by atoms with Gasteiger partial charge in [0.2, 0.25) is 0 Å². The van der Waals surface area contributed by atoms with Crippen molar-refractivity contribution >= 4 is 31.4 Å². The van der Waals surface area contributed by atoms with Gasteiger partial charge in [-0.15, -0.1) is 0 Å². The normalized spacial score (nSPS) is 14.3. The third kappa shape index (κ3) is 6.90. The third-order valence-corrected chi connectivity index (χ3v) is 5.42. The minimum atomic E-state index is 0.780. The van der Waals surface area contributed by atoms with E-state index in [1.54, 1.807) is 10.8 Å². The molecule has 1 atom stereocenters. The van der Waals surface area contributed by atoms with Crippen molar-refractivity contribution in [3.8, 4) is 0 Å². The lowest BCUT2D eigenvalue weighted by Crippen LogP contribution is -1.86. The maximum atomic E-state index is 2.26. The molecule has 1 unspecified atom stereocenters. The van der Waals surface area contributed by atoms with Crippen molar-refractivity contribution in [2.45, 2.75) is 32.4 Å². The van der Waals surface area contributed by atoms with E-state index in [4.69, 9.17) is 0 Å². The average molecular weight is 194 g/mol. The van der Waals surface area contributed by atoms with E-state index in [2.05, 4.69) is 25.3 Å². The Morgan fingerprint density at radius 1 is 1.50 bits per heavy atom. The summed E-state index contributed by atoms with van der Waals surface area (Å²) in [5.41, 5.74) is 0. The van der Waals surface area contributed by atoms with Crippen LogP contribution >= 0.6 is 31.4 Å². The summed E-state index contributed by atoms with van der Waals surface area (Å²) in [6.07, 6.45) is 3.32. The molecule has 0 aromatic rings. The Kier molecular flexibility index (Phi) is 8.52. The third-order valence-electron chi connectivity index (χ3n) is 1.01. The van der Waals surface area contributed by atoms with E-state index >= 15 is 0 Å². The van der Waals surface area contributed by atoms with Crippen LogP contribution in [0.25, 0.3) is 0 Å². The summed E-state index contributed by atoms with van der Waals surface area (Å²) >= 11 is 0. The summed E-state index contributed by atoms with van der Waals surface area (Å²) in [7, 11) is 5.60. The molecule has 0 N–H and O–H groups in total. The Balaban J connectivity index is 3.03.